The fourth-order valence-electron chi connectivity index (χ4n) is 3.03. The van der Waals surface area contributed by atoms with Gasteiger partial charge in [0.15, 0.2) is 5.75 Å². The van der Waals surface area contributed by atoms with Crippen molar-refractivity contribution >= 4 is 54.9 Å². The molecule has 0 bridgehead atoms. The van der Waals surface area contributed by atoms with E-state index in [2.05, 4.69) is 10.3 Å². The summed E-state index contributed by atoms with van der Waals surface area (Å²) in [5, 5.41) is 13.8. The number of benzene rings is 2. The average Bonchev–Trinajstić information content (AvgIpc) is 3.32. The Labute approximate surface area is 181 Å². The minimum absolute atomic E-state index is 0.227. The normalized spacial score (nSPS) is 13.3. The average molecular weight is 441 g/mol. The van der Waals surface area contributed by atoms with Crippen LogP contribution in [0, 0.1) is 0 Å². The van der Waals surface area contributed by atoms with Crippen molar-refractivity contribution in [3.8, 4) is 5.75 Å². The molecule has 4 aromatic rings. The van der Waals surface area contributed by atoms with Crippen LogP contribution in [0.2, 0.25) is 0 Å². The first-order valence-electron chi connectivity index (χ1n) is 9.46. The number of hydrogen-bond donors (Lipinski definition) is 2. The molecule has 4 rings (SSSR count). The number of aromatic nitrogens is 1. The summed E-state index contributed by atoms with van der Waals surface area (Å²) in [7, 11) is 0. The lowest BCUT2D eigenvalue weighted by Gasteiger charge is -2.24. The summed E-state index contributed by atoms with van der Waals surface area (Å²) in [4.78, 5) is 29.6. The van der Waals surface area contributed by atoms with E-state index in [9.17, 15) is 14.7 Å². The Morgan fingerprint density at radius 2 is 1.80 bits per heavy atom. The third-order valence-electron chi connectivity index (χ3n) is 5.00. The highest BCUT2D eigenvalue weighted by Gasteiger charge is 2.34. The van der Waals surface area contributed by atoms with Gasteiger partial charge in [-0.25, -0.2) is 9.78 Å². The van der Waals surface area contributed by atoms with Crippen LogP contribution in [-0.4, -0.2) is 27.5 Å². The third kappa shape index (κ3) is 3.76. The molecule has 154 valence electrons. The molecule has 2 N–H and O–H groups in total. The van der Waals surface area contributed by atoms with Gasteiger partial charge in [0, 0.05) is 10.1 Å². The lowest BCUT2D eigenvalue weighted by Crippen LogP contribution is -2.51. The number of nitrogens with one attached hydrogen (secondary N) is 1. The number of para-hydroxylation sites is 1. The van der Waals surface area contributed by atoms with E-state index in [1.54, 1.807) is 18.3 Å². The number of thiazole rings is 1. The number of nitrogens with zero attached hydrogens (tertiary/aromatic N) is 1. The molecule has 6 nitrogen and oxygen atoms in total. The number of rotatable bonds is 7. The molecule has 1 unspecified atom stereocenters. The van der Waals surface area contributed by atoms with E-state index >= 15 is 0 Å². The molecule has 1 atom stereocenters. The van der Waals surface area contributed by atoms with E-state index < -0.39 is 17.4 Å². The topological polar surface area (TPSA) is 88.5 Å². The van der Waals surface area contributed by atoms with Crippen molar-refractivity contribution in [2.45, 2.75) is 32.4 Å². The zero-order valence-corrected chi connectivity index (χ0v) is 18.1. The van der Waals surface area contributed by atoms with Crippen LogP contribution in [0.15, 0.2) is 48.5 Å². The molecule has 0 spiro atoms. The highest BCUT2D eigenvalue weighted by Crippen LogP contribution is 2.39. The second-order valence-electron chi connectivity index (χ2n) is 7.07. The van der Waals surface area contributed by atoms with Gasteiger partial charge in [0.1, 0.15) is 22.0 Å². The van der Waals surface area contributed by atoms with Crippen LogP contribution in [0.4, 0.5) is 0 Å². The van der Waals surface area contributed by atoms with Gasteiger partial charge in [-0.3, -0.25) is 4.79 Å². The van der Waals surface area contributed by atoms with Gasteiger partial charge < -0.3 is 15.2 Å². The van der Waals surface area contributed by atoms with Crippen LogP contribution in [0.3, 0.4) is 0 Å². The second-order valence-corrected chi connectivity index (χ2v) is 9.23. The Kier molecular flexibility index (Phi) is 5.44. The molecule has 30 heavy (non-hydrogen) atoms. The summed E-state index contributed by atoms with van der Waals surface area (Å²) in [6, 6.07) is 15.4. The van der Waals surface area contributed by atoms with Crippen LogP contribution in [0.1, 0.15) is 34.9 Å². The Hall–Kier alpha value is -2.97. The maximum atomic E-state index is 13.0. The summed E-state index contributed by atoms with van der Waals surface area (Å²) in [5.74, 6) is -1.07. The fraction of sp³-hybridized carbons (Fsp3) is 0.227. The maximum absolute atomic E-state index is 13.0. The Morgan fingerprint density at radius 3 is 2.50 bits per heavy atom. The summed E-state index contributed by atoms with van der Waals surface area (Å²) >= 11 is 2.83. The summed E-state index contributed by atoms with van der Waals surface area (Å²) in [5.41, 5.74) is -0.438. The van der Waals surface area contributed by atoms with E-state index in [0.717, 1.165) is 25.3 Å². The quantitative estimate of drug-likeness (QED) is 0.419. The Balaban J connectivity index is 1.66. The number of carbonyl (C=O) groups excluding carboxylic acids is 1. The van der Waals surface area contributed by atoms with Crippen molar-refractivity contribution in [3.05, 3.63) is 58.4 Å². The van der Waals surface area contributed by atoms with Crippen LogP contribution in [0.25, 0.3) is 20.3 Å². The van der Waals surface area contributed by atoms with Gasteiger partial charge in [-0.15, -0.1) is 22.7 Å². The number of aliphatic carboxylic acids is 1. The highest BCUT2D eigenvalue weighted by atomic mass is 32.1. The molecule has 1 amide bonds. The number of amides is 1. The predicted octanol–water partition coefficient (Wildman–Crippen LogP) is 5.07. The van der Waals surface area contributed by atoms with Crippen LogP contribution in [0.5, 0.6) is 5.75 Å². The van der Waals surface area contributed by atoms with Crippen LogP contribution >= 0.6 is 22.7 Å². The monoisotopic (exact) mass is 440 g/mol. The SMILES string of the molecule is CCC(C)(NC(=O)c1sc2ccccc2c1OCc1nc2ccccc2s1)C(=O)O. The molecular formula is C22H20N2O4S2. The number of thiophene rings is 1. The van der Waals surface area contributed by atoms with Crippen molar-refractivity contribution in [1.29, 1.82) is 0 Å². The van der Waals surface area contributed by atoms with Gasteiger partial charge in [0.05, 0.1) is 10.2 Å². The van der Waals surface area contributed by atoms with E-state index in [4.69, 9.17) is 4.74 Å². The van der Waals surface area contributed by atoms with E-state index in [1.165, 1.54) is 18.3 Å². The minimum atomic E-state index is -1.35. The van der Waals surface area contributed by atoms with Gasteiger partial charge in [-0.2, -0.15) is 0 Å². The summed E-state index contributed by atoms with van der Waals surface area (Å²) in [6.07, 6.45) is 0.265. The van der Waals surface area contributed by atoms with Crippen molar-refractivity contribution in [3.63, 3.8) is 0 Å². The third-order valence-corrected chi connectivity index (χ3v) is 7.16. The largest absolute Gasteiger partial charge is 0.484 e. The molecule has 0 saturated carbocycles. The Bertz CT molecular complexity index is 1210. The minimum Gasteiger partial charge on any atom is -0.484 e. The first kappa shape index (κ1) is 20.3. The first-order chi connectivity index (χ1) is 14.4. The number of ether oxygens (including phenoxy) is 1. The molecule has 2 aromatic carbocycles. The molecule has 0 aliphatic carbocycles. The van der Waals surface area contributed by atoms with E-state index in [0.29, 0.717) is 10.6 Å². The van der Waals surface area contributed by atoms with Gasteiger partial charge in [-0.1, -0.05) is 31.2 Å². The molecular weight excluding hydrogens is 420 g/mol. The molecule has 8 heteroatoms. The van der Waals surface area contributed by atoms with Crippen LogP contribution in [-0.2, 0) is 11.4 Å². The maximum Gasteiger partial charge on any atom is 0.329 e. The van der Waals surface area contributed by atoms with Crippen molar-refractivity contribution in [2.24, 2.45) is 0 Å². The summed E-state index contributed by atoms with van der Waals surface area (Å²) in [6.45, 7) is 3.45. The number of carbonyl (C=O) groups is 2. The highest BCUT2D eigenvalue weighted by molar-refractivity contribution is 7.21. The number of carboxylic acids is 1. The molecule has 0 aliphatic rings. The van der Waals surface area contributed by atoms with Gasteiger partial charge in [-0.05, 0) is 37.6 Å². The molecule has 0 fully saturated rings. The first-order valence-corrected chi connectivity index (χ1v) is 11.1. The number of hydrogen-bond acceptors (Lipinski definition) is 6. The smallest absolute Gasteiger partial charge is 0.329 e. The standard InChI is InChI=1S/C22H20N2O4S2/c1-3-22(2,21(26)27)24-20(25)19-18(13-8-4-6-10-15(13)30-19)28-12-17-23-14-9-5-7-11-16(14)29-17/h4-11H,3,12H2,1-2H3,(H,24,25)(H,26,27). The van der Waals surface area contributed by atoms with Crippen molar-refractivity contribution in [1.82, 2.24) is 10.3 Å². The van der Waals surface area contributed by atoms with Gasteiger partial charge >= 0.3 is 5.97 Å². The Morgan fingerprint density at radius 1 is 1.10 bits per heavy atom. The van der Waals surface area contributed by atoms with Crippen molar-refractivity contribution in [2.75, 3.05) is 0 Å². The fourth-order valence-corrected chi connectivity index (χ4v) is 4.95. The van der Waals surface area contributed by atoms with Crippen LogP contribution < -0.4 is 10.1 Å². The van der Waals surface area contributed by atoms with Gasteiger partial charge in [0.25, 0.3) is 5.91 Å². The number of carboxylic acid groups (broad SMARTS) is 1. The lowest BCUT2D eigenvalue weighted by atomic mass is 9.99. The van der Waals surface area contributed by atoms with Crippen molar-refractivity contribution < 1.29 is 19.4 Å². The molecule has 0 radical (unpaired) electrons. The zero-order valence-electron chi connectivity index (χ0n) is 16.5. The molecule has 2 heterocycles. The van der Waals surface area contributed by atoms with E-state index in [-0.39, 0.29) is 13.0 Å². The lowest BCUT2D eigenvalue weighted by molar-refractivity contribution is -0.143. The summed E-state index contributed by atoms with van der Waals surface area (Å²) < 4.78 is 8.06. The molecule has 2 aromatic heterocycles. The predicted molar refractivity (Wildman–Crippen MR) is 120 cm³/mol. The van der Waals surface area contributed by atoms with Gasteiger partial charge in [0.2, 0.25) is 0 Å². The second kappa shape index (κ2) is 8.04. The molecule has 0 aliphatic heterocycles. The van der Waals surface area contributed by atoms with E-state index in [1.807, 2.05) is 48.5 Å². The zero-order chi connectivity index (χ0) is 21.3. The number of fused-ring (bicyclic) bond motifs is 2. The molecule has 0 saturated heterocycles.